The van der Waals surface area contributed by atoms with E-state index < -0.39 is 51.1 Å². The predicted octanol–water partition coefficient (Wildman–Crippen LogP) is -2.20. The normalized spacial score (nSPS) is 23.2. The maximum absolute atomic E-state index is 11.6. The van der Waals surface area contributed by atoms with Crippen molar-refractivity contribution in [2.45, 2.75) is 38.4 Å². The van der Waals surface area contributed by atoms with Gasteiger partial charge in [0.05, 0.1) is 6.61 Å². The summed E-state index contributed by atoms with van der Waals surface area (Å²) in [5.74, 6) is 0. The van der Waals surface area contributed by atoms with Gasteiger partial charge in [0.15, 0.2) is 6.23 Å². The summed E-state index contributed by atoms with van der Waals surface area (Å²) < 4.78 is 20.0. The third kappa shape index (κ3) is 8.25. The molecular weight excluding hydrogens is 375 g/mol. The summed E-state index contributed by atoms with van der Waals surface area (Å²) >= 11 is 0. The number of aliphatic hydroxyl groups excluding tert-OH is 3. The zero-order valence-corrected chi connectivity index (χ0v) is 15.8. The monoisotopic (exact) mass is 402 g/mol. The van der Waals surface area contributed by atoms with Gasteiger partial charge in [-0.25, -0.2) is 9.36 Å². The van der Waals surface area contributed by atoms with Crippen LogP contribution in [0.2, 0.25) is 0 Å². The van der Waals surface area contributed by atoms with E-state index in [-0.39, 0.29) is 5.48 Å². The van der Waals surface area contributed by atoms with Crippen molar-refractivity contribution in [2.75, 3.05) is 20.8 Å². The number of rotatable bonds is 3. The maximum Gasteiger partial charge on any atom is 0.330 e. The second kappa shape index (κ2) is 16.9. The Labute approximate surface area is 151 Å². The van der Waals surface area contributed by atoms with Crippen LogP contribution in [0.3, 0.4) is 0 Å². The molecule has 4 atom stereocenters. The highest BCUT2D eigenvalue weighted by Gasteiger charge is 2.45. The average molecular weight is 402 g/mol. The van der Waals surface area contributed by atoms with E-state index in [4.69, 9.17) is 29.1 Å². The van der Waals surface area contributed by atoms with Crippen LogP contribution in [0.15, 0.2) is 21.9 Å². The number of nitrogens with zero attached hydrogens (tertiary/aromatic N) is 1. The molecule has 0 aliphatic carbocycles. The number of aromatic nitrogens is 2. The van der Waals surface area contributed by atoms with Gasteiger partial charge in [-0.3, -0.25) is 14.3 Å². The van der Waals surface area contributed by atoms with E-state index in [1.165, 1.54) is 13.3 Å². The molecule has 0 aromatic carbocycles. The van der Waals surface area contributed by atoms with E-state index in [9.17, 15) is 14.7 Å². The highest BCUT2D eigenvalue weighted by molar-refractivity contribution is 7.16. The third-order valence-electron chi connectivity index (χ3n) is 2.89. The quantitative estimate of drug-likeness (QED) is 0.347. The van der Waals surface area contributed by atoms with Gasteiger partial charge in [0, 0.05) is 26.5 Å². The van der Waals surface area contributed by atoms with E-state index in [1.807, 2.05) is 13.8 Å². The number of ether oxygens (including phenoxy) is 2. The Balaban J connectivity index is -0.000000585. The van der Waals surface area contributed by atoms with Crippen molar-refractivity contribution in [3.05, 3.63) is 33.1 Å². The molecule has 0 bridgehead atoms. The molecule has 2 heterocycles. The van der Waals surface area contributed by atoms with E-state index in [1.54, 1.807) is 0 Å². The SMILES string of the molecule is CC.CO.COC1C(O)C(CO)OC1n1ccc(=O)[nH]c1=O.O.O=PO. The lowest BCUT2D eigenvalue weighted by Crippen LogP contribution is -2.38. The molecule has 0 saturated carbocycles. The Morgan fingerprint density at radius 1 is 1.35 bits per heavy atom. The van der Waals surface area contributed by atoms with Gasteiger partial charge in [0.1, 0.15) is 18.3 Å². The number of aliphatic hydroxyl groups is 3. The smallest absolute Gasteiger partial charge is 0.330 e. The van der Waals surface area contributed by atoms with E-state index in [0.29, 0.717) is 0 Å². The van der Waals surface area contributed by atoms with Crippen LogP contribution in [0.25, 0.3) is 0 Å². The summed E-state index contributed by atoms with van der Waals surface area (Å²) in [5.41, 5.74) is -1.19. The van der Waals surface area contributed by atoms with E-state index >= 15 is 0 Å². The Morgan fingerprint density at radius 3 is 2.23 bits per heavy atom. The first-order chi connectivity index (χ1) is 12.0. The van der Waals surface area contributed by atoms with Gasteiger partial charge in [0.25, 0.3) is 5.56 Å². The second-order valence-electron chi connectivity index (χ2n) is 4.04. The predicted molar refractivity (Wildman–Crippen MR) is 92.1 cm³/mol. The average Bonchev–Trinajstić information content (AvgIpc) is 2.94. The Kier molecular flexibility index (Phi) is 19.1. The summed E-state index contributed by atoms with van der Waals surface area (Å²) in [7, 11) is 1.53. The molecule has 1 fully saturated rings. The molecule has 1 aliphatic rings. The van der Waals surface area contributed by atoms with Crippen molar-refractivity contribution in [2.24, 2.45) is 0 Å². The number of H-pyrrole nitrogens is 1. The third-order valence-corrected chi connectivity index (χ3v) is 2.89. The lowest BCUT2D eigenvalue weighted by atomic mass is 10.1. The molecule has 1 saturated heterocycles. The number of aromatic amines is 1. The van der Waals surface area contributed by atoms with Crippen LogP contribution in [0, 0.1) is 0 Å². The lowest BCUT2D eigenvalue weighted by molar-refractivity contribution is -0.0625. The van der Waals surface area contributed by atoms with Crippen LogP contribution in [0.1, 0.15) is 20.1 Å². The van der Waals surface area contributed by atoms with Crippen LogP contribution >= 0.6 is 8.69 Å². The summed E-state index contributed by atoms with van der Waals surface area (Å²) in [6, 6.07) is 1.16. The number of methoxy groups -OCH3 is 1. The van der Waals surface area contributed by atoms with Crippen molar-refractivity contribution < 1.29 is 39.7 Å². The first kappa shape index (κ1) is 29.3. The van der Waals surface area contributed by atoms with E-state index in [0.717, 1.165) is 17.7 Å². The molecule has 4 unspecified atom stereocenters. The van der Waals surface area contributed by atoms with Crippen LogP contribution in [0.4, 0.5) is 0 Å². The summed E-state index contributed by atoms with van der Waals surface area (Å²) in [6.45, 7) is 3.61. The first-order valence-corrected chi connectivity index (χ1v) is 7.96. The molecule has 0 spiro atoms. The second-order valence-corrected chi connectivity index (χ2v) is 4.20. The van der Waals surface area contributed by atoms with Crippen molar-refractivity contribution in [3.8, 4) is 0 Å². The van der Waals surface area contributed by atoms with Crippen molar-refractivity contribution in [1.82, 2.24) is 9.55 Å². The summed E-state index contributed by atoms with van der Waals surface area (Å²) in [5, 5.41) is 25.9. The van der Waals surface area contributed by atoms with Crippen LogP contribution in [0.5, 0.6) is 0 Å². The zero-order chi connectivity index (χ0) is 20.0. The fraction of sp³-hybridized carbons (Fsp3) is 0.692. The first-order valence-electron chi connectivity index (χ1n) is 7.20. The molecule has 13 heteroatoms. The fourth-order valence-corrected chi connectivity index (χ4v) is 1.98. The summed E-state index contributed by atoms with van der Waals surface area (Å²) in [4.78, 5) is 31.6. The van der Waals surface area contributed by atoms with Gasteiger partial charge in [-0.15, -0.1) is 0 Å². The minimum absolute atomic E-state index is 0. The molecule has 0 radical (unpaired) electrons. The molecule has 1 aromatic heterocycles. The molecule has 1 aromatic rings. The van der Waals surface area contributed by atoms with Crippen molar-refractivity contribution >= 4 is 8.69 Å². The molecular formula is C13H27N2O10P. The molecule has 0 amide bonds. The molecule has 1 aliphatic heterocycles. The van der Waals surface area contributed by atoms with Gasteiger partial charge >= 0.3 is 14.4 Å². The molecule has 154 valence electrons. The highest BCUT2D eigenvalue weighted by Crippen LogP contribution is 2.29. The van der Waals surface area contributed by atoms with E-state index in [2.05, 4.69) is 4.98 Å². The number of hydrogen-bond acceptors (Lipinski definition) is 8. The summed E-state index contributed by atoms with van der Waals surface area (Å²) in [6.07, 6.45) is -2.33. The molecule has 7 N–H and O–H groups in total. The van der Waals surface area contributed by atoms with Crippen LogP contribution in [-0.2, 0) is 14.0 Å². The zero-order valence-electron chi connectivity index (χ0n) is 14.9. The van der Waals surface area contributed by atoms with Crippen molar-refractivity contribution in [3.63, 3.8) is 0 Å². The molecule has 2 rings (SSSR count). The van der Waals surface area contributed by atoms with Gasteiger partial charge in [-0.1, -0.05) is 13.8 Å². The van der Waals surface area contributed by atoms with Gasteiger partial charge in [-0.05, 0) is 0 Å². The van der Waals surface area contributed by atoms with Gasteiger partial charge < -0.3 is 35.2 Å². The van der Waals surface area contributed by atoms with Gasteiger partial charge in [-0.2, -0.15) is 0 Å². The topological polar surface area (TPSA) is 203 Å². The fourth-order valence-electron chi connectivity index (χ4n) is 1.98. The number of nitrogens with one attached hydrogen (secondary N) is 1. The lowest BCUT2D eigenvalue weighted by Gasteiger charge is -2.19. The Hall–Kier alpha value is -1.50. The Morgan fingerprint density at radius 2 is 1.85 bits per heavy atom. The largest absolute Gasteiger partial charge is 0.412 e. The van der Waals surface area contributed by atoms with Gasteiger partial charge in [0.2, 0.25) is 0 Å². The van der Waals surface area contributed by atoms with Crippen LogP contribution < -0.4 is 11.2 Å². The maximum atomic E-state index is 11.6. The Bertz CT molecular complexity index is 579. The minimum Gasteiger partial charge on any atom is -0.412 e. The van der Waals surface area contributed by atoms with Crippen molar-refractivity contribution in [1.29, 1.82) is 0 Å². The minimum atomic E-state index is -1.05. The number of hydrogen-bond donors (Lipinski definition) is 5. The molecule has 26 heavy (non-hydrogen) atoms. The van der Waals surface area contributed by atoms with Crippen LogP contribution in [-0.4, -0.2) is 74.4 Å². The highest BCUT2D eigenvalue weighted by atomic mass is 31.1. The standard InChI is InChI=1S/C10H14N2O6.C2H6.CH4O.HO2P.H2O/c1-17-8-7(15)5(4-13)18-9(8)12-3-2-6(14)11-10(12)16;2*1-2;1-3-2;/h2-3,5,7-9,13,15H,4H2,1H3,(H,11,14,16);1-2H3;2H,1H3;(H,1,2);1H2. The molecule has 12 nitrogen and oxygen atoms in total.